The minimum Gasteiger partial charge on any atom is -0.316 e. The molecule has 2 atom stereocenters. The van der Waals surface area contributed by atoms with Crippen LogP contribution in [0.1, 0.15) is 39.5 Å². The first kappa shape index (κ1) is 11.4. The van der Waals surface area contributed by atoms with E-state index in [1.165, 1.54) is 58.4 Å². The lowest BCUT2D eigenvalue weighted by atomic mass is 9.87. The van der Waals surface area contributed by atoms with Crippen LogP contribution in [0.2, 0.25) is 0 Å². The lowest BCUT2D eigenvalue weighted by Crippen LogP contribution is -2.42. The molecule has 0 saturated carbocycles. The van der Waals surface area contributed by atoms with Crippen LogP contribution < -0.4 is 5.32 Å². The van der Waals surface area contributed by atoms with Crippen molar-refractivity contribution < 1.29 is 0 Å². The van der Waals surface area contributed by atoms with Gasteiger partial charge in [0.1, 0.15) is 0 Å². The zero-order valence-corrected chi connectivity index (χ0v) is 10.4. The van der Waals surface area contributed by atoms with Crippen molar-refractivity contribution in [2.45, 2.75) is 39.5 Å². The first-order valence-electron chi connectivity index (χ1n) is 6.65. The number of nitrogens with one attached hydrogen (secondary N) is 1. The second kappa shape index (κ2) is 4.84. The molecule has 0 aromatic heterocycles. The summed E-state index contributed by atoms with van der Waals surface area (Å²) in [6.07, 6.45) is 5.61. The van der Waals surface area contributed by atoms with Crippen molar-refractivity contribution in [3.8, 4) is 0 Å². The molecule has 0 aliphatic carbocycles. The predicted molar refractivity (Wildman–Crippen MR) is 65.0 cm³/mol. The molecule has 2 heterocycles. The summed E-state index contributed by atoms with van der Waals surface area (Å²) in [5.41, 5.74) is 0.551. The van der Waals surface area contributed by atoms with Gasteiger partial charge in [0.05, 0.1) is 0 Å². The van der Waals surface area contributed by atoms with E-state index in [0.717, 1.165) is 5.92 Å². The molecule has 2 nitrogen and oxygen atoms in total. The molecule has 0 aromatic carbocycles. The molecule has 2 aliphatic heterocycles. The predicted octanol–water partition coefficient (Wildman–Crippen LogP) is 2.11. The summed E-state index contributed by atoms with van der Waals surface area (Å²) in [5, 5.41) is 3.50. The Kier molecular flexibility index (Phi) is 3.68. The summed E-state index contributed by atoms with van der Waals surface area (Å²) in [4.78, 5) is 2.71. The number of hydrogen-bond acceptors (Lipinski definition) is 2. The van der Waals surface area contributed by atoms with E-state index in [1.54, 1.807) is 0 Å². The Labute approximate surface area is 94.4 Å². The first-order chi connectivity index (χ1) is 7.22. The fourth-order valence-corrected chi connectivity index (χ4v) is 3.17. The highest BCUT2D eigenvalue weighted by Gasteiger charge is 2.32. The Morgan fingerprint density at radius 1 is 1.47 bits per heavy atom. The van der Waals surface area contributed by atoms with Gasteiger partial charge in [0.2, 0.25) is 0 Å². The van der Waals surface area contributed by atoms with Gasteiger partial charge in [-0.15, -0.1) is 0 Å². The van der Waals surface area contributed by atoms with E-state index in [9.17, 15) is 0 Å². The molecule has 2 rings (SSSR count). The molecule has 2 heteroatoms. The lowest BCUT2D eigenvalue weighted by molar-refractivity contribution is 0.119. The molecule has 2 fully saturated rings. The number of rotatable bonds is 3. The Bertz CT molecular complexity index is 197. The van der Waals surface area contributed by atoms with Gasteiger partial charge >= 0.3 is 0 Å². The molecule has 1 N–H and O–H groups in total. The molecule has 0 amide bonds. The van der Waals surface area contributed by atoms with Crippen molar-refractivity contribution in [1.82, 2.24) is 10.2 Å². The largest absolute Gasteiger partial charge is 0.316 e. The van der Waals surface area contributed by atoms with Gasteiger partial charge in [0.15, 0.2) is 0 Å². The van der Waals surface area contributed by atoms with Crippen LogP contribution in [0.15, 0.2) is 0 Å². The van der Waals surface area contributed by atoms with Gasteiger partial charge in [-0.05, 0) is 43.7 Å². The Morgan fingerprint density at radius 2 is 2.33 bits per heavy atom. The van der Waals surface area contributed by atoms with Crippen molar-refractivity contribution >= 4 is 0 Å². The van der Waals surface area contributed by atoms with Crippen LogP contribution >= 0.6 is 0 Å². The third-order valence-corrected chi connectivity index (χ3v) is 4.24. The fourth-order valence-electron chi connectivity index (χ4n) is 3.17. The minimum absolute atomic E-state index is 0.551. The van der Waals surface area contributed by atoms with Gasteiger partial charge in [-0.3, -0.25) is 0 Å². The quantitative estimate of drug-likeness (QED) is 0.767. The maximum atomic E-state index is 3.50. The Morgan fingerprint density at radius 3 is 3.00 bits per heavy atom. The molecule has 0 aromatic rings. The molecular formula is C13H26N2. The van der Waals surface area contributed by atoms with E-state index in [-0.39, 0.29) is 0 Å². The number of piperidine rings is 1. The summed E-state index contributed by atoms with van der Waals surface area (Å²) in [6.45, 7) is 11.2. The Balaban J connectivity index is 1.83. The number of likely N-dealkylation sites (tertiary alicyclic amines) is 1. The average Bonchev–Trinajstić information content (AvgIpc) is 2.65. The van der Waals surface area contributed by atoms with Crippen LogP contribution in [0.3, 0.4) is 0 Å². The third kappa shape index (κ3) is 2.94. The molecule has 0 spiro atoms. The average molecular weight is 210 g/mol. The second-order valence-corrected chi connectivity index (χ2v) is 5.89. The molecule has 88 valence electrons. The van der Waals surface area contributed by atoms with Crippen molar-refractivity contribution in [3.05, 3.63) is 0 Å². The van der Waals surface area contributed by atoms with Crippen LogP contribution in [0.4, 0.5) is 0 Å². The molecular weight excluding hydrogens is 184 g/mol. The standard InChI is InChI=1S/C13H26N2/c1-3-12-5-4-8-15(9-12)11-13(2)6-7-14-10-13/h12,14H,3-11H2,1-2H3. The molecule has 2 saturated heterocycles. The van der Waals surface area contributed by atoms with Crippen LogP contribution in [0.5, 0.6) is 0 Å². The SMILES string of the molecule is CCC1CCCN(CC2(C)CCNC2)C1. The van der Waals surface area contributed by atoms with Crippen molar-refractivity contribution in [2.75, 3.05) is 32.7 Å². The monoisotopic (exact) mass is 210 g/mol. The Hall–Kier alpha value is -0.0800. The topological polar surface area (TPSA) is 15.3 Å². The maximum Gasteiger partial charge on any atom is 0.00481 e. The zero-order valence-electron chi connectivity index (χ0n) is 10.4. The summed E-state index contributed by atoms with van der Waals surface area (Å²) in [5.74, 6) is 0.969. The summed E-state index contributed by atoms with van der Waals surface area (Å²) < 4.78 is 0. The van der Waals surface area contributed by atoms with Gasteiger partial charge < -0.3 is 10.2 Å². The van der Waals surface area contributed by atoms with Crippen LogP contribution in [0, 0.1) is 11.3 Å². The summed E-state index contributed by atoms with van der Waals surface area (Å²) in [6, 6.07) is 0. The summed E-state index contributed by atoms with van der Waals surface area (Å²) in [7, 11) is 0. The van der Waals surface area contributed by atoms with Gasteiger partial charge in [-0.2, -0.15) is 0 Å². The van der Waals surface area contributed by atoms with Gasteiger partial charge in [0.25, 0.3) is 0 Å². The fraction of sp³-hybridized carbons (Fsp3) is 1.00. The maximum absolute atomic E-state index is 3.50. The normalized spacial score (nSPS) is 38.4. The molecule has 0 radical (unpaired) electrons. The third-order valence-electron chi connectivity index (χ3n) is 4.24. The van der Waals surface area contributed by atoms with Gasteiger partial charge in [-0.25, -0.2) is 0 Å². The number of hydrogen-bond donors (Lipinski definition) is 1. The van der Waals surface area contributed by atoms with E-state index in [1.807, 2.05) is 0 Å². The lowest BCUT2D eigenvalue weighted by Gasteiger charge is -2.37. The second-order valence-electron chi connectivity index (χ2n) is 5.89. The van der Waals surface area contributed by atoms with Crippen LogP contribution in [-0.4, -0.2) is 37.6 Å². The zero-order chi connectivity index (χ0) is 10.7. The highest BCUT2D eigenvalue weighted by Crippen LogP contribution is 2.28. The molecule has 2 unspecified atom stereocenters. The van der Waals surface area contributed by atoms with Crippen molar-refractivity contribution in [2.24, 2.45) is 11.3 Å². The van der Waals surface area contributed by atoms with Gasteiger partial charge in [0, 0.05) is 19.6 Å². The van der Waals surface area contributed by atoms with Crippen LogP contribution in [0.25, 0.3) is 0 Å². The minimum atomic E-state index is 0.551. The highest BCUT2D eigenvalue weighted by atomic mass is 15.1. The van der Waals surface area contributed by atoms with Gasteiger partial charge in [-0.1, -0.05) is 20.3 Å². The van der Waals surface area contributed by atoms with Crippen molar-refractivity contribution in [3.63, 3.8) is 0 Å². The highest BCUT2D eigenvalue weighted by molar-refractivity contribution is 4.88. The molecule has 0 bridgehead atoms. The molecule has 2 aliphatic rings. The van der Waals surface area contributed by atoms with E-state index in [2.05, 4.69) is 24.1 Å². The number of nitrogens with zero attached hydrogens (tertiary/aromatic N) is 1. The first-order valence-corrected chi connectivity index (χ1v) is 6.65. The van der Waals surface area contributed by atoms with E-state index in [4.69, 9.17) is 0 Å². The smallest absolute Gasteiger partial charge is 0.00481 e. The summed E-state index contributed by atoms with van der Waals surface area (Å²) >= 11 is 0. The van der Waals surface area contributed by atoms with E-state index < -0.39 is 0 Å². The van der Waals surface area contributed by atoms with E-state index >= 15 is 0 Å². The van der Waals surface area contributed by atoms with E-state index in [0.29, 0.717) is 5.41 Å². The molecule has 15 heavy (non-hydrogen) atoms. The van der Waals surface area contributed by atoms with Crippen LogP contribution in [-0.2, 0) is 0 Å². The van der Waals surface area contributed by atoms with Crippen molar-refractivity contribution in [1.29, 1.82) is 0 Å².